The van der Waals surface area contributed by atoms with Crippen molar-refractivity contribution in [2.45, 2.75) is 37.4 Å². The third kappa shape index (κ3) is 2.99. The molecule has 0 bridgehead atoms. The van der Waals surface area contributed by atoms with Crippen molar-refractivity contribution in [2.75, 3.05) is 20.8 Å². The lowest BCUT2D eigenvalue weighted by Gasteiger charge is -2.42. The first kappa shape index (κ1) is 18.1. The molecule has 0 aliphatic heterocycles. The van der Waals surface area contributed by atoms with Gasteiger partial charge in [0.2, 0.25) is 0 Å². The molecule has 120 valence electrons. The Hall–Kier alpha value is -0.940. The second kappa shape index (κ2) is 7.36. The zero-order valence-corrected chi connectivity index (χ0v) is 13.6. The summed E-state index contributed by atoms with van der Waals surface area (Å²) < 4.78 is 28.3. The van der Waals surface area contributed by atoms with Crippen LogP contribution in [0.1, 0.15) is 26.2 Å². The average Bonchev–Trinajstić information content (AvgIpc) is 2.53. The van der Waals surface area contributed by atoms with Crippen LogP contribution in [0.5, 0.6) is 0 Å². The fourth-order valence-electron chi connectivity index (χ4n) is 2.75. The summed E-state index contributed by atoms with van der Waals surface area (Å²) in [5, 5.41) is 8.94. The van der Waals surface area contributed by atoms with Gasteiger partial charge in [-0.1, -0.05) is 12.2 Å². The lowest BCUT2D eigenvalue weighted by molar-refractivity contribution is -0.139. The average molecular weight is 318 g/mol. The van der Waals surface area contributed by atoms with Crippen LogP contribution in [0.25, 0.3) is 0 Å². The van der Waals surface area contributed by atoms with E-state index in [9.17, 15) is 14.5 Å². The van der Waals surface area contributed by atoms with Crippen LogP contribution in [0.3, 0.4) is 0 Å². The number of aliphatic hydroxyl groups is 1. The number of carbonyl (C=O) groups excluding carboxylic acids is 1. The van der Waals surface area contributed by atoms with Gasteiger partial charge in [-0.05, 0) is 26.2 Å². The van der Waals surface area contributed by atoms with Crippen molar-refractivity contribution in [3.8, 4) is 0 Å². The van der Waals surface area contributed by atoms with Gasteiger partial charge in [0.05, 0.1) is 18.3 Å². The van der Waals surface area contributed by atoms with Crippen molar-refractivity contribution < 1.29 is 28.3 Å². The molecule has 0 fully saturated rings. The van der Waals surface area contributed by atoms with Crippen molar-refractivity contribution in [1.29, 1.82) is 0 Å². The largest absolute Gasteiger partial charge is 0.463 e. The summed E-state index contributed by atoms with van der Waals surface area (Å²) in [6, 6.07) is 0. The maximum atomic E-state index is 13.0. The van der Waals surface area contributed by atoms with Gasteiger partial charge in [-0.15, -0.1) is 6.58 Å². The lowest BCUT2D eigenvalue weighted by Crippen LogP contribution is -2.47. The summed E-state index contributed by atoms with van der Waals surface area (Å²) in [5.41, 5.74) is 0.134. The predicted octanol–water partition coefficient (Wildman–Crippen LogP) is 2.43. The highest BCUT2D eigenvalue weighted by Crippen LogP contribution is 2.66. The van der Waals surface area contributed by atoms with E-state index < -0.39 is 24.8 Å². The Bertz CT molecular complexity index is 464. The van der Waals surface area contributed by atoms with Crippen LogP contribution in [-0.4, -0.2) is 43.2 Å². The van der Waals surface area contributed by atoms with E-state index in [0.29, 0.717) is 12.8 Å². The Labute approximate surface area is 125 Å². The quantitative estimate of drug-likeness (QED) is 0.441. The molecule has 1 aliphatic carbocycles. The number of allylic oxidation sites excluding steroid dienone is 1. The van der Waals surface area contributed by atoms with Crippen LogP contribution >= 0.6 is 7.60 Å². The zero-order chi connectivity index (χ0) is 16.1. The molecule has 7 heteroatoms. The first-order valence-electron chi connectivity index (χ1n) is 6.83. The molecule has 0 aromatic carbocycles. The van der Waals surface area contributed by atoms with Gasteiger partial charge >= 0.3 is 13.6 Å². The SMILES string of the molecule is C=CC(O)C1(P(=O)(OC)OC)CCCC=C1C(=O)OCC. The van der Waals surface area contributed by atoms with Gasteiger partial charge in [0.15, 0.2) is 0 Å². The van der Waals surface area contributed by atoms with Crippen LogP contribution < -0.4 is 0 Å². The molecule has 6 nitrogen and oxygen atoms in total. The van der Waals surface area contributed by atoms with Crippen molar-refractivity contribution in [2.24, 2.45) is 0 Å². The normalized spacial score (nSPS) is 24.1. The smallest absolute Gasteiger partial charge is 0.343 e. The number of carbonyl (C=O) groups is 1. The van der Waals surface area contributed by atoms with Gasteiger partial charge in [0.25, 0.3) is 0 Å². The standard InChI is InChI=1S/C14H23O6P/c1-5-12(15)14(21(17,18-3)19-4)10-8-7-9-11(14)13(16)20-6-2/h5,9,12,15H,1,6-8,10H2,2-4H3. The lowest BCUT2D eigenvalue weighted by atomic mass is 9.82. The van der Waals surface area contributed by atoms with E-state index in [4.69, 9.17) is 13.8 Å². The highest BCUT2D eigenvalue weighted by molar-refractivity contribution is 7.56. The fraction of sp³-hybridized carbons (Fsp3) is 0.643. The van der Waals surface area contributed by atoms with Crippen LogP contribution in [-0.2, 0) is 23.1 Å². The molecule has 0 radical (unpaired) electrons. The minimum Gasteiger partial charge on any atom is -0.463 e. The summed E-state index contributed by atoms with van der Waals surface area (Å²) in [6.45, 7) is 5.40. The van der Waals surface area contributed by atoms with Crippen molar-refractivity contribution in [3.05, 3.63) is 24.3 Å². The predicted molar refractivity (Wildman–Crippen MR) is 79.1 cm³/mol. The zero-order valence-electron chi connectivity index (χ0n) is 12.7. The Morgan fingerprint density at radius 1 is 1.57 bits per heavy atom. The Morgan fingerprint density at radius 3 is 2.67 bits per heavy atom. The van der Waals surface area contributed by atoms with Crippen LogP contribution in [0, 0.1) is 0 Å². The molecule has 1 rings (SSSR count). The van der Waals surface area contributed by atoms with E-state index in [1.807, 2.05) is 0 Å². The number of esters is 1. The monoisotopic (exact) mass is 318 g/mol. The summed E-state index contributed by atoms with van der Waals surface area (Å²) in [4.78, 5) is 12.2. The topological polar surface area (TPSA) is 82.1 Å². The summed E-state index contributed by atoms with van der Waals surface area (Å²) in [5.74, 6) is -0.618. The maximum absolute atomic E-state index is 13.0. The minimum atomic E-state index is -3.78. The van der Waals surface area contributed by atoms with Crippen LogP contribution in [0.15, 0.2) is 24.3 Å². The molecule has 0 spiro atoms. The minimum absolute atomic E-state index is 0.134. The molecule has 0 amide bonds. The van der Waals surface area contributed by atoms with E-state index in [2.05, 4.69) is 6.58 Å². The Morgan fingerprint density at radius 2 is 2.19 bits per heavy atom. The van der Waals surface area contributed by atoms with Crippen molar-refractivity contribution >= 4 is 13.6 Å². The molecule has 0 aromatic rings. The summed E-state index contributed by atoms with van der Waals surface area (Å²) in [7, 11) is -1.31. The number of aliphatic hydroxyl groups excluding tert-OH is 1. The molecule has 21 heavy (non-hydrogen) atoms. The second-order valence-electron chi connectivity index (χ2n) is 4.70. The molecular weight excluding hydrogens is 295 g/mol. The van der Waals surface area contributed by atoms with E-state index >= 15 is 0 Å². The molecule has 1 aliphatic rings. The molecule has 0 aromatic heterocycles. The highest BCUT2D eigenvalue weighted by atomic mass is 31.2. The highest BCUT2D eigenvalue weighted by Gasteiger charge is 2.59. The second-order valence-corrected chi connectivity index (χ2v) is 7.22. The van der Waals surface area contributed by atoms with Gasteiger partial charge in [-0.3, -0.25) is 4.57 Å². The maximum Gasteiger partial charge on any atom is 0.343 e. The first-order valence-corrected chi connectivity index (χ1v) is 8.37. The molecule has 1 N–H and O–H groups in total. The number of rotatable bonds is 7. The third-order valence-corrected chi connectivity index (χ3v) is 6.42. The third-order valence-electron chi connectivity index (χ3n) is 3.75. The van der Waals surface area contributed by atoms with Gasteiger partial charge in [-0.25, -0.2) is 4.79 Å². The molecule has 2 atom stereocenters. The van der Waals surface area contributed by atoms with Gasteiger partial charge in [-0.2, -0.15) is 0 Å². The number of hydrogen-bond acceptors (Lipinski definition) is 6. The van der Waals surface area contributed by atoms with E-state index in [1.54, 1.807) is 13.0 Å². The molecule has 0 heterocycles. The van der Waals surface area contributed by atoms with Gasteiger partial charge < -0.3 is 18.9 Å². The molecule has 2 unspecified atom stereocenters. The van der Waals surface area contributed by atoms with Crippen LogP contribution in [0.4, 0.5) is 0 Å². The number of ether oxygens (including phenoxy) is 1. The summed E-state index contributed by atoms with van der Waals surface area (Å²) >= 11 is 0. The fourth-order valence-corrected chi connectivity index (χ4v) is 4.89. The van der Waals surface area contributed by atoms with Gasteiger partial charge in [0.1, 0.15) is 5.16 Å². The van der Waals surface area contributed by atoms with Crippen LogP contribution in [0.2, 0.25) is 0 Å². The van der Waals surface area contributed by atoms with Gasteiger partial charge in [0, 0.05) is 14.2 Å². The summed E-state index contributed by atoms with van der Waals surface area (Å²) in [6.07, 6.45) is 3.18. The van der Waals surface area contributed by atoms with Crippen molar-refractivity contribution in [1.82, 2.24) is 0 Å². The van der Waals surface area contributed by atoms with Crippen molar-refractivity contribution in [3.63, 3.8) is 0 Å². The molecule has 0 saturated heterocycles. The number of hydrogen-bond donors (Lipinski definition) is 1. The Balaban J connectivity index is 3.50. The molecule has 0 saturated carbocycles. The van der Waals surface area contributed by atoms with E-state index in [0.717, 1.165) is 0 Å². The molecular formula is C14H23O6P. The van der Waals surface area contributed by atoms with E-state index in [1.165, 1.54) is 20.3 Å². The van der Waals surface area contributed by atoms with E-state index in [-0.39, 0.29) is 18.6 Å². The Kier molecular flexibility index (Phi) is 6.35. The first-order chi connectivity index (χ1) is 9.93.